The van der Waals surface area contributed by atoms with Crippen LogP contribution < -0.4 is 4.74 Å². The van der Waals surface area contributed by atoms with Gasteiger partial charge in [-0.15, -0.1) is 0 Å². The molecule has 0 amide bonds. The molecule has 0 spiro atoms. The lowest BCUT2D eigenvalue weighted by atomic mass is 9.90. The molecule has 0 radical (unpaired) electrons. The van der Waals surface area contributed by atoms with Gasteiger partial charge in [0.15, 0.2) is 29.1 Å². The molecule has 0 saturated carbocycles. The summed E-state index contributed by atoms with van der Waals surface area (Å²) < 4.78 is 120. The van der Waals surface area contributed by atoms with Gasteiger partial charge in [0.05, 0.1) is 30.9 Å². The van der Waals surface area contributed by atoms with Crippen molar-refractivity contribution in [2.75, 3.05) is 19.8 Å². The van der Waals surface area contributed by atoms with E-state index in [-0.39, 0.29) is 54.1 Å². The lowest BCUT2D eigenvalue weighted by molar-refractivity contribution is -0.478. The van der Waals surface area contributed by atoms with Crippen LogP contribution in [0.25, 0.3) is 11.1 Å². The molecule has 190 valence electrons. The van der Waals surface area contributed by atoms with Gasteiger partial charge in [-0.2, -0.15) is 8.78 Å². The number of ether oxygens (including phenoxy) is 4. The second-order valence-corrected chi connectivity index (χ2v) is 8.92. The molecule has 6 rings (SSSR count). The fraction of sp³-hybridized carbons (Fsp3) is 0.280. The Balaban J connectivity index is 1.39. The Bertz CT molecular complexity index is 1280. The smallest absolute Gasteiger partial charge is 0.426 e. The predicted molar refractivity (Wildman–Crippen MR) is 110 cm³/mol. The molecule has 3 saturated heterocycles. The highest BCUT2D eigenvalue weighted by molar-refractivity contribution is 5.65. The van der Waals surface area contributed by atoms with E-state index < -0.39 is 52.5 Å². The first kappa shape index (κ1) is 24.5. The van der Waals surface area contributed by atoms with Gasteiger partial charge in [0.25, 0.3) is 0 Å². The third-order valence-electron chi connectivity index (χ3n) is 5.98. The quantitative estimate of drug-likeness (QED) is 0.293. The van der Waals surface area contributed by atoms with E-state index in [1.807, 2.05) is 6.92 Å². The van der Waals surface area contributed by atoms with Crippen molar-refractivity contribution in [1.82, 2.24) is 0 Å². The van der Waals surface area contributed by atoms with Crippen LogP contribution >= 0.6 is 0 Å². The molecule has 3 aromatic carbocycles. The molecule has 36 heavy (non-hydrogen) atoms. The Hall–Kier alpha value is -3.15. The lowest BCUT2D eigenvalue weighted by Crippen LogP contribution is -2.57. The molecule has 3 aromatic rings. The predicted octanol–water partition coefficient (Wildman–Crippen LogP) is 6.37. The topological polar surface area (TPSA) is 36.9 Å². The molecule has 0 unspecified atom stereocenters. The maximum Gasteiger partial charge on any atom is 0.426 e. The SMILES string of the molecule is CC12COC(c3ccc(-c4ccc(C(F)(F)Oc5cc(F)c(F)c(F)c5)cc4)c(F)c3F)(OC1)OC2. The summed E-state index contributed by atoms with van der Waals surface area (Å²) in [5.41, 5.74) is -1.61. The molecule has 0 N–H and O–H groups in total. The summed E-state index contributed by atoms with van der Waals surface area (Å²) in [4.78, 5) is 0. The number of rotatable bonds is 5. The summed E-state index contributed by atoms with van der Waals surface area (Å²) in [7, 11) is 0. The van der Waals surface area contributed by atoms with Crippen molar-refractivity contribution in [2.45, 2.75) is 19.0 Å². The molecule has 4 nitrogen and oxygen atoms in total. The second-order valence-electron chi connectivity index (χ2n) is 8.92. The summed E-state index contributed by atoms with van der Waals surface area (Å²) in [6, 6.07) is 6.92. The maximum absolute atomic E-state index is 15.0. The second kappa shape index (κ2) is 8.46. The highest BCUT2D eigenvalue weighted by Crippen LogP contribution is 2.45. The molecule has 0 atom stereocenters. The average Bonchev–Trinajstić information content (AvgIpc) is 2.85. The van der Waals surface area contributed by atoms with Gasteiger partial charge in [-0.3, -0.25) is 0 Å². The van der Waals surface area contributed by atoms with Crippen LogP contribution in [0.5, 0.6) is 5.75 Å². The Kier molecular flexibility index (Phi) is 5.77. The van der Waals surface area contributed by atoms with Gasteiger partial charge in [-0.1, -0.05) is 25.1 Å². The van der Waals surface area contributed by atoms with E-state index in [9.17, 15) is 22.0 Å². The third-order valence-corrected chi connectivity index (χ3v) is 5.98. The zero-order valence-electron chi connectivity index (χ0n) is 18.5. The normalized spacial score (nSPS) is 23.7. The van der Waals surface area contributed by atoms with Gasteiger partial charge in [0, 0.05) is 23.1 Å². The standard InChI is InChI=1S/C25H17F7O4/c1-23-10-33-25(34-11-23,35-12-23)17-7-6-16(20(28)21(17)29)13-2-4-14(5-3-13)24(31,32)36-15-8-18(26)22(30)19(27)9-15/h2-9H,10-12H2,1H3. The zero-order valence-corrected chi connectivity index (χ0v) is 18.5. The monoisotopic (exact) mass is 514 g/mol. The molecule has 3 heterocycles. The van der Waals surface area contributed by atoms with Crippen molar-refractivity contribution < 1.29 is 49.7 Å². The largest absolute Gasteiger partial charge is 0.429 e. The third kappa shape index (κ3) is 4.10. The number of benzene rings is 3. The first-order valence-corrected chi connectivity index (χ1v) is 10.7. The number of fused-ring (bicyclic) bond motifs is 3. The van der Waals surface area contributed by atoms with E-state index >= 15 is 8.78 Å². The average molecular weight is 514 g/mol. The van der Waals surface area contributed by atoms with Crippen molar-refractivity contribution >= 4 is 0 Å². The minimum absolute atomic E-state index is 0.0523. The highest BCUT2D eigenvalue weighted by Gasteiger charge is 2.53. The molecule has 0 aliphatic carbocycles. The number of alkyl halides is 2. The van der Waals surface area contributed by atoms with Crippen molar-refractivity contribution in [3.05, 3.63) is 88.7 Å². The molecule has 11 heteroatoms. The van der Waals surface area contributed by atoms with Crippen LogP contribution in [0, 0.1) is 34.5 Å². The highest BCUT2D eigenvalue weighted by atomic mass is 19.3. The number of hydrogen-bond donors (Lipinski definition) is 0. The van der Waals surface area contributed by atoms with Crippen LogP contribution in [-0.4, -0.2) is 19.8 Å². The van der Waals surface area contributed by atoms with Crippen molar-refractivity contribution in [1.29, 1.82) is 0 Å². The van der Waals surface area contributed by atoms with Gasteiger partial charge < -0.3 is 18.9 Å². The van der Waals surface area contributed by atoms with Crippen LogP contribution in [0.2, 0.25) is 0 Å². The van der Waals surface area contributed by atoms with Crippen LogP contribution in [0.3, 0.4) is 0 Å². The minimum atomic E-state index is -4.08. The van der Waals surface area contributed by atoms with Crippen molar-refractivity contribution in [3.63, 3.8) is 0 Å². The van der Waals surface area contributed by atoms with Crippen LogP contribution in [0.4, 0.5) is 30.7 Å². The van der Waals surface area contributed by atoms with Crippen LogP contribution in [0.15, 0.2) is 48.5 Å². The molecule has 3 aliphatic heterocycles. The van der Waals surface area contributed by atoms with Crippen molar-refractivity contribution in [3.8, 4) is 16.9 Å². The number of hydrogen-bond acceptors (Lipinski definition) is 4. The van der Waals surface area contributed by atoms with Crippen LogP contribution in [-0.2, 0) is 26.3 Å². The van der Waals surface area contributed by atoms with E-state index in [1.54, 1.807) is 0 Å². The first-order valence-electron chi connectivity index (χ1n) is 10.7. The zero-order chi connectivity index (χ0) is 25.9. The summed E-state index contributed by atoms with van der Waals surface area (Å²) in [5, 5.41) is 0. The van der Waals surface area contributed by atoms with E-state index in [0.717, 1.165) is 24.3 Å². The summed E-state index contributed by atoms with van der Waals surface area (Å²) in [6.07, 6.45) is -4.08. The Morgan fingerprint density at radius 3 is 1.86 bits per heavy atom. The van der Waals surface area contributed by atoms with Gasteiger partial charge in [-0.25, -0.2) is 22.0 Å². The molecule has 3 aliphatic rings. The van der Waals surface area contributed by atoms with E-state index in [2.05, 4.69) is 4.74 Å². The van der Waals surface area contributed by atoms with Gasteiger partial charge in [0.2, 0.25) is 0 Å². The van der Waals surface area contributed by atoms with E-state index in [0.29, 0.717) is 0 Å². The summed E-state index contributed by atoms with van der Waals surface area (Å²) in [6.45, 7) is 2.55. The molecule has 3 fully saturated rings. The first-order chi connectivity index (χ1) is 16.9. The lowest BCUT2D eigenvalue weighted by Gasteiger charge is -2.50. The van der Waals surface area contributed by atoms with Gasteiger partial charge >= 0.3 is 12.1 Å². The number of halogens is 7. The van der Waals surface area contributed by atoms with Crippen molar-refractivity contribution in [2.24, 2.45) is 5.41 Å². The Morgan fingerprint density at radius 2 is 1.31 bits per heavy atom. The molecule has 2 bridgehead atoms. The fourth-order valence-electron chi connectivity index (χ4n) is 3.94. The summed E-state index contributed by atoms with van der Waals surface area (Å²) >= 11 is 0. The van der Waals surface area contributed by atoms with Gasteiger partial charge in [0.1, 0.15) is 5.75 Å². The van der Waals surface area contributed by atoms with E-state index in [1.165, 1.54) is 12.1 Å². The molecule has 0 aromatic heterocycles. The summed E-state index contributed by atoms with van der Waals surface area (Å²) in [5.74, 6) is -10.6. The Labute approximate surface area is 200 Å². The fourth-order valence-corrected chi connectivity index (χ4v) is 3.94. The van der Waals surface area contributed by atoms with Gasteiger partial charge in [-0.05, 0) is 23.8 Å². The van der Waals surface area contributed by atoms with Crippen LogP contribution in [0.1, 0.15) is 18.1 Å². The Morgan fingerprint density at radius 1 is 0.750 bits per heavy atom. The molecular weight excluding hydrogens is 497 g/mol. The molecular formula is C25H17F7O4. The van der Waals surface area contributed by atoms with E-state index in [4.69, 9.17) is 14.2 Å². The minimum Gasteiger partial charge on any atom is -0.429 e. The maximum atomic E-state index is 15.0.